The molecule has 0 fully saturated rings. The summed E-state index contributed by atoms with van der Waals surface area (Å²) in [4.78, 5) is 11.4. The second kappa shape index (κ2) is 3.27. The maximum absolute atomic E-state index is 11.4. The first-order valence-electron chi connectivity index (χ1n) is 4.38. The van der Waals surface area contributed by atoms with Gasteiger partial charge in [0.25, 0.3) is 0 Å². The Bertz CT molecular complexity index is 531. The van der Waals surface area contributed by atoms with Crippen LogP contribution in [0.2, 0.25) is 0 Å². The molecule has 1 N–H and O–H groups in total. The average molecular weight is 206 g/mol. The third-order valence-corrected chi connectivity index (χ3v) is 2.22. The molecule has 1 aromatic carbocycles. The lowest BCUT2D eigenvalue weighted by atomic mass is 10.2. The number of hydrogen-bond donors (Lipinski definition) is 1. The molecule has 15 heavy (non-hydrogen) atoms. The van der Waals surface area contributed by atoms with Crippen LogP contribution in [0.15, 0.2) is 18.2 Å². The minimum Gasteiger partial charge on any atom is -0.506 e. The maximum Gasteiger partial charge on any atom is 0.359 e. The number of ether oxygens (including phenoxy) is 1. The van der Waals surface area contributed by atoms with Gasteiger partial charge in [-0.25, -0.2) is 4.79 Å². The van der Waals surface area contributed by atoms with E-state index in [0.29, 0.717) is 10.9 Å². The monoisotopic (exact) mass is 206 g/mol. The van der Waals surface area contributed by atoms with Crippen molar-refractivity contribution in [3.8, 4) is 5.75 Å². The number of carbonyl (C=O) groups is 1. The molecular weight excluding hydrogens is 196 g/mol. The predicted octanol–water partition coefficient (Wildman–Crippen LogP) is 1.07. The molecule has 2 rings (SSSR count). The number of aromatic nitrogens is 2. The molecule has 0 saturated carbocycles. The molecule has 0 atom stereocenters. The van der Waals surface area contributed by atoms with Crippen molar-refractivity contribution in [2.24, 2.45) is 7.05 Å². The lowest BCUT2D eigenvalue weighted by molar-refractivity contribution is 0.0595. The Kier molecular flexibility index (Phi) is 2.07. The van der Waals surface area contributed by atoms with Crippen molar-refractivity contribution >= 4 is 16.9 Å². The Morgan fingerprint density at radius 2 is 2.27 bits per heavy atom. The molecule has 1 heterocycles. The molecule has 0 bridgehead atoms. The Balaban J connectivity index is 2.79. The second-order valence-corrected chi connectivity index (χ2v) is 3.14. The minimum absolute atomic E-state index is 0.0950. The SMILES string of the molecule is COC(=O)c1nn(C)c2c(O)cccc12. The molecular formula is C10H10N2O3. The van der Waals surface area contributed by atoms with E-state index in [4.69, 9.17) is 0 Å². The van der Waals surface area contributed by atoms with Gasteiger partial charge in [-0.1, -0.05) is 12.1 Å². The number of hydrogen-bond acceptors (Lipinski definition) is 4. The molecule has 0 aliphatic rings. The largest absolute Gasteiger partial charge is 0.506 e. The summed E-state index contributed by atoms with van der Waals surface area (Å²) in [5.74, 6) is -0.413. The minimum atomic E-state index is -0.508. The zero-order chi connectivity index (χ0) is 11.0. The predicted molar refractivity (Wildman–Crippen MR) is 53.7 cm³/mol. The summed E-state index contributed by atoms with van der Waals surface area (Å²) in [6.07, 6.45) is 0. The van der Waals surface area contributed by atoms with Crippen LogP contribution in [0.3, 0.4) is 0 Å². The summed E-state index contributed by atoms with van der Waals surface area (Å²) in [5.41, 5.74) is 0.740. The highest BCUT2D eigenvalue weighted by Crippen LogP contribution is 2.26. The van der Waals surface area contributed by atoms with Crippen LogP contribution in [-0.4, -0.2) is 28.0 Å². The Hall–Kier alpha value is -2.04. The summed E-state index contributed by atoms with van der Waals surface area (Å²) < 4.78 is 6.06. The number of phenolic OH excluding ortho intramolecular Hbond substituents is 1. The van der Waals surface area contributed by atoms with Crippen LogP contribution in [0.5, 0.6) is 5.75 Å². The Morgan fingerprint density at radius 3 is 2.93 bits per heavy atom. The van der Waals surface area contributed by atoms with Crippen LogP contribution < -0.4 is 0 Å². The molecule has 5 heteroatoms. The summed E-state index contributed by atoms with van der Waals surface area (Å²) in [6, 6.07) is 4.92. The van der Waals surface area contributed by atoms with E-state index in [1.165, 1.54) is 11.8 Å². The van der Waals surface area contributed by atoms with Crippen molar-refractivity contribution in [2.45, 2.75) is 0 Å². The number of esters is 1. The van der Waals surface area contributed by atoms with Crippen molar-refractivity contribution in [3.63, 3.8) is 0 Å². The number of benzene rings is 1. The molecule has 0 unspecified atom stereocenters. The van der Waals surface area contributed by atoms with E-state index < -0.39 is 5.97 Å². The van der Waals surface area contributed by atoms with Crippen molar-refractivity contribution in [2.75, 3.05) is 7.11 Å². The number of para-hydroxylation sites is 1. The highest BCUT2D eigenvalue weighted by Gasteiger charge is 2.17. The van der Waals surface area contributed by atoms with Gasteiger partial charge < -0.3 is 9.84 Å². The molecule has 5 nitrogen and oxygen atoms in total. The van der Waals surface area contributed by atoms with Crippen molar-refractivity contribution < 1.29 is 14.6 Å². The molecule has 0 radical (unpaired) electrons. The van der Waals surface area contributed by atoms with Crippen molar-refractivity contribution in [1.29, 1.82) is 0 Å². The normalized spacial score (nSPS) is 10.5. The number of phenols is 1. The second-order valence-electron chi connectivity index (χ2n) is 3.14. The van der Waals surface area contributed by atoms with Crippen molar-refractivity contribution in [1.82, 2.24) is 9.78 Å². The smallest absolute Gasteiger partial charge is 0.359 e. The number of aryl methyl sites for hydroxylation is 1. The van der Waals surface area contributed by atoms with Gasteiger partial charge in [-0.15, -0.1) is 0 Å². The lowest BCUT2D eigenvalue weighted by Gasteiger charge is -1.96. The van der Waals surface area contributed by atoms with Gasteiger partial charge in [-0.3, -0.25) is 4.68 Å². The Morgan fingerprint density at radius 1 is 1.53 bits per heavy atom. The first kappa shape index (κ1) is 9.51. The molecule has 0 amide bonds. The fraction of sp³-hybridized carbons (Fsp3) is 0.200. The van der Waals surface area contributed by atoms with Crippen molar-refractivity contribution in [3.05, 3.63) is 23.9 Å². The van der Waals surface area contributed by atoms with E-state index in [9.17, 15) is 9.90 Å². The first-order valence-corrected chi connectivity index (χ1v) is 4.38. The van der Waals surface area contributed by atoms with Crippen LogP contribution in [0, 0.1) is 0 Å². The van der Waals surface area contributed by atoms with E-state index in [2.05, 4.69) is 9.84 Å². The molecule has 0 aliphatic heterocycles. The van der Waals surface area contributed by atoms with Crippen LogP contribution in [0.4, 0.5) is 0 Å². The lowest BCUT2D eigenvalue weighted by Crippen LogP contribution is -2.03. The summed E-state index contributed by atoms with van der Waals surface area (Å²) in [7, 11) is 2.96. The van der Waals surface area contributed by atoms with E-state index in [-0.39, 0.29) is 11.4 Å². The van der Waals surface area contributed by atoms with Gasteiger partial charge in [0.2, 0.25) is 0 Å². The standard InChI is InChI=1S/C10H10N2O3/c1-12-9-6(4-3-5-7(9)13)8(11-12)10(14)15-2/h3-5,13H,1-2H3. The zero-order valence-corrected chi connectivity index (χ0v) is 8.39. The summed E-state index contributed by atoms with van der Waals surface area (Å²) in [6.45, 7) is 0. The fourth-order valence-corrected chi connectivity index (χ4v) is 1.56. The Labute approximate surface area is 85.9 Å². The van der Waals surface area contributed by atoms with E-state index in [0.717, 1.165) is 0 Å². The van der Waals surface area contributed by atoms with Crippen LogP contribution >= 0.6 is 0 Å². The molecule has 0 saturated heterocycles. The highest BCUT2D eigenvalue weighted by atomic mass is 16.5. The number of methoxy groups -OCH3 is 1. The van der Waals surface area contributed by atoms with Gasteiger partial charge in [0.1, 0.15) is 11.3 Å². The zero-order valence-electron chi connectivity index (χ0n) is 8.39. The molecule has 0 spiro atoms. The molecule has 0 aliphatic carbocycles. The van der Waals surface area contributed by atoms with Gasteiger partial charge in [0, 0.05) is 12.4 Å². The van der Waals surface area contributed by atoms with E-state index in [1.807, 2.05) is 0 Å². The number of carbonyl (C=O) groups excluding carboxylic acids is 1. The molecule has 78 valence electrons. The van der Waals surface area contributed by atoms with Gasteiger partial charge in [0.15, 0.2) is 5.69 Å². The van der Waals surface area contributed by atoms with E-state index in [1.54, 1.807) is 25.2 Å². The number of aromatic hydroxyl groups is 1. The summed E-state index contributed by atoms with van der Waals surface area (Å²) in [5, 5.41) is 14.2. The topological polar surface area (TPSA) is 64.3 Å². The van der Waals surface area contributed by atoms with Crippen LogP contribution in [0.25, 0.3) is 10.9 Å². The van der Waals surface area contributed by atoms with Crippen LogP contribution in [0.1, 0.15) is 10.5 Å². The van der Waals surface area contributed by atoms with Gasteiger partial charge >= 0.3 is 5.97 Å². The fourth-order valence-electron chi connectivity index (χ4n) is 1.56. The first-order chi connectivity index (χ1) is 7.15. The maximum atomic E-state index is 11.4. The summed E-state index contributed by atoms with van der Waals surface area (Å²) >= 11 is 0. The average Bonchev–Trinajstić information content (AvgIpc) is 2.56. The van der Waals surface area contributed by atoms with Gasteiger partial charge in [0.05, 0.1) is 7.11 Å². The quantitative estimate of drug-likeness (QED) is 0.709. The molecule has 1 aromatic heterocycles. The third-order valence-electron chi connectivity index (χ3n) is 2.22. The molecule has 2 aromatic rings. The number of rotatable bonds is 1. The van der Waals surface area contributed by atoms with E-state index >= 15 is 0 Å². The van der Waals surface area contributed by atoms with Gasteiger partial charge in [-0.05, 0) is 6.07 Å². The highest BCUT2D eigenvalue weighted by molar-refractivity contribution is 6.03. The third kappa shape index (κ3) is 1.32. The number of nitrogens with zero attached hydrogens (tertiary/aromatic N) is 2. The van der Waals surface area contributed by atoms with Crippen LogP contribution in [-0.2, 0) is 11.8 Å². The van der Waals surface area contributed by atoms with Gasteiger partial charge in [-0.2, -0.15) is 5.10 Å². The number of fused-ring (bicyclic) bond motifs is 1.